The highest BCUT2D eigenvalue weighted by Gasteiger charge is 2.08. The Morgan fingerprint density at radius 2 is 2.16 bits per heavy atom. The van der Waals surface area contributed by atoms with Gasteiger partial charge >= 0.3 is 6.01 Å². The monoisotopic (exact) mass is 279 g/mol. The second kappa shape index (κ2) is 5.49. The van der Waals surface area contributed by atoms with Gasteiger partial charge < -0.3 is 15.7 Å². The predicted molar refractivity (Wildman–Crippen MR) is 68.6 cm³/mol. The number of amidine groups is 1. The minimum Gasteiger partial charge on any atom is -0.423 e. The Balaban J connectivity index is 2.33. The van der Waals surface area contributed by atoms with Crippen LogP contribution in [0.15, 0.2) is 29.7 Å². The molecule has 0 aliphatic carbocycles. The number of halogens is 1. The number of aromatic nitrogens is 3. The average molecular weight is 280 g/mol. The molecular formula is C11H10ClN5O2. The summed E-state index contributed by atoms with van der Waals surface area (Å²) in [7, 11) is 0. The molecular weight excluding hydrogens is 270 g/mol. The van der Waals surface area contributed by atoms with Gasteiger partial charge in [-0.2, -0.15) is 4.98 Å². The lowest BCUT2D eigenvalue weighted by Gasteiger charge is -2.06. The zero-order valence-corrected chi connectivity index (χ0v) is 10.7. The highest BCUT2D eigenvalue weighted by molar-refractivity contribution is 6.30. The van der Waals surface area contributed by atoms with Gasteiger partial charge in [-0.3, -0.25) is 4.98 Å². The summed E-state index contributed by atoms with van der Waals surface area (Å²) in [5.41, 5.74) is 6.35. The second-order valence-electron chi connectivity index (χ2n) is 3.60. The maximum absolute atomic E-state index is 8.63. The molecule has 7 nitrogen and oxygen atoms in total. The molecule has 0 atom stereocenters. The quantitative estimate of drug-likeness (QED) is 0.383. The van der Waals surface area contributed by atoms with E-state index in [0.29, 0.717) is 16.5 Å². The summed E-state index contributed by atoms with van der Waals surface area (Å²) in [6.07, 6.45) is 2.95. The molecule has 2 heterocycles. The van der Waals surface area contributed by atoms with Crippen molar-refractivity contribution in [2.75, 3.05) is 0 Å². The van der Waals surface area contributed by atoms with Crippen molar-refractivity contribution in [2.24, 2.45) is 10.9 Å². The van der Waals surface area contributed by atoms with Crippen LogP contribution in [0.5, 0.6) is 11.8 Å². The Bertz CT molecular complexity index is 632. The molecule has 0 saturated carbocycles. The molecule has 0 unspecified atom stereocenters. The zero-order chi connectivity index (χ0) is 13.8. The fourth-order valence-electron chi connectivity index (χ4n) is 1.32. The van der Waals surface area contributed by atoms with E-state index in [9.17, 15) is 0 Å². The van der Waals surface area contributed by atoms with E-state index in [1.165, 1.54) is 12.4 Å². The van der Waals surface area contributed by atoms with Crippen LogP contribution in [0.25, 0.3) is 0 Å². The SMILES string of the molecule is Cc1cc(/C(N)=N/O)nc(Oc2cncc(Cl)c2)n1. The number of ether oxygens (including phenoxy) is 1. The van der Waals surface area contributed by atoms with Crippen LogP contribution < -0.4 is 10.5 Å². The van der Waals surface area contributed by atoms with Crippen molar-refractivity contribution in [3.05, 3.63) is 40.9 Å². The van der Waals surface area contributed by atoms with Gasteiger partial charge in [0.15, 0.2) is 11.6 Å². The van der Waals surface area contributed by atoms with Crippen LogP contribution in [0.2, 0.25) is 5.02 Å². The summed E-state index contributed by atoms with van der Waals surface area (Å²) in [6.45, 7) is 1.74. The first-order chi connectivity index (χ1) is 9.08. The maximum atomic E-state index is 8.63. The number of oxime groups is 1. The number of hydrogen-bond acceptors (Lipinski definition) is 6. The van der Waals surface area contributed by atoms with Crippen LogP contribution >= 0.6 is 11.6 Å². The first-order valence-electron chi connectivity index (χ1n) is 5.20. The molecule has 2 rings (SSSR count). The third kappa shape index (κ3) is 3.29. The van der Waals surface area contributed by atoms with Crippen LogP contribution in [-0.2, 0) is 0 Å². The summed E-state index contributed by atoms with van der Waals surface area (Å²) in [6, 6.07) is 3.20. The highest BCUT2D eigenvalue weighted by Crippen LogP contribution is 2.20. The number of pyridine rings is 1. The van der Waals surface area contributed by atoms with Crippen molar-refractivity contribution in [3.63, 3.8) is 0 Å². The van der Waals surface area contributed by atoms with Gasteiger partial charge in [-0.1, -0.05) is 16.8 Å². The highest BCUT2D eigenvalue weighted by atomic mass is 35.5. The number of hydrogen-bond donors (Lipinski definition) is 2. The Kier molecular flexibility index (Phi) is 3.76. The molecule has 0 aliphatic heterocycles. The molecule has 0 aliphatic rings. The number of nitrogens with zero attached hydrogens (tertiary/aromatic N) is 4. The average Bonchev–Trinajstić information content (AvgIpc) is 2.37. The third-order valence-electron chi connectivity index (χ3n) is 2.09. The minimum absolute atomic E-state index is 0.0608. The van der Waals surface area contributed by atoms with E-state index in [1.54, 1.807) is 19.1 Å². The second-order valence-corrected chi connectivity index (χ2v) is 4.04. The van der Waals surface area contributed by atoms with Crippen molar-refractivity contribution >= 4 is 17.4 Å². The van der Waals surface area contributed by atoms with Crippen LogP contribution in [0.3, 0.4) is 0 Å². The van der Waals surface area contributed by atoms with Crippen molar-refractivity contribution < 1.29 is 9.94 Å². The topological polar surface area (TPSA) is 107 Å². The first-order valence-corrected chi connectivity index (χ1v) is 5.58. The predicted octanol–water partition coefficient (Wildman–Crippen LogP) is 1.72. The van der Waals surface area contributed by atoms with Gasteiger partial charge in [0.25, 0.3) is 0 Å². The molecule has 19 heavy (non-hydrogen) atoms. The normalized spacial score (nSPS) is 11.4. The van der Waals surface area contributed by atoms with Crippen molar-refractivity contribution in [1.29, 1.82) is 0 Å². The lowest BCUT2D eigenvalue weighted by molar-refractivity contribution is 0.318. The number of nitrogens with two attached hydrogens (primary N) is 1. The number of rotatable bonds is 3. The van der Waals surface area contributed by atoms with E-state index in [-0.39, 0.29) is 17.5 Å². The maximum Gasteiger partial charge on any atom is 0.322 e. The van der Waals surface area contributed by atoms with Gasteiger partial charge in [-0.15, -0.1) is 0 Å². The van der Waals surface area contributed by atoms with E-state index in [4.69, 9.17) is 27.3 Å². The van der Waals surface area contributed by atoms with Crippen LogP contribution in [0.4, 0.5) is 0 Å². The third-order valence-corrected chi connectivity index (χ3v) is 2.30. The fraction of sp³-hybridized carbons (Fsp3) is 0.0909. The molecule has 3 N–H and O–H groups in total. The lowest BCUT2D eigenvalue weighted by atomic mass is 10.3. The Hall–Kier alpha value is -2.41. The summed E-state index contributed by atoms with van der Waals surface area (Å²) < 4.78 is 5.41. The van der Waals surface area contributed by atoms with Gasteiger partial charge in [0, 0.05) is 18.0 Å². The first kappa shape index (κ1) is 13.0. The molecule has 2 aromatic heterocycles. The van der Waals surface area contributed by atoms with Gasteiger partial charge in [0.2, 0.25) is 0 Å². The summed E-state index contributed by atoms with van der Waals surface area (Å²) >= 11 is 5.79. The molecule has 98 valence electrons. The smallest absolute Gasteiger partial charge is 0.322 e. The Labute approximate surface area is 113 Å². The standard InChI is InChI=1S/C11H10ClN5O2/c1-6-2-9(10(13)17-18)16-11(15-6)19-8-3-7(12)4-14-5-8/h2-5,18H,1H3,(H2,13,17). The van der Waals surface area contributed by atoms with Crippen molar-refractivity contribution in [1.82, 2.24) is 15.0 Å². The molecule has 0 aromatic carbocycles. The molecule has 0 spiro atoms. The van der Waals surface area contributed by atoms with Gasteiger partial charge in [0.1, 0.15) is 5.69 Å². The van der Waals surface area contributed by atoms with E-state index < -0.39 is 0 Å². The largest absolute Gasteiger partial charge is 0.423 e. The lowest BCUT2D eigenvalue weighted by Crippen LogP contribution is -2.16. The summed E-state index contributed by atoms with van der Waals surface area (Å²) in [4.78, 5) is 12.0. The van der Waals surface area contributed by atoms with Gasteiger partial charge in [-0.05, 0) is 13.0 Å². The van der Waals surface area contributed by atoms with Crippen LogP contribution in [0, 0.1) is 6.92 Å². The van der Waals surface area contributed by atoms with Crippen LogP contribution in [0.1, 0.15) is 11.4 Å². The van der Waals surface area contributed by atoms with Crippen molar-refractivity contribution in [2.45, 2.75) is 6.92 Å². The van der Waals surface area contributed by atoms with E-state index >= 15 is 0 Å². The molecule has 8 heteroatoms. The summed E-state index contributed by atoms with van der Waals surface area (Å²) in [5.74, 6) is 0.267. The fourth-order valence-corrected chi connectivity index (χ4v) is 1.49. The zero-order valence-electron chi connectivity index (χ0n) is 9.91. The molecule has 0 fully saturated rings. The molecule has 0 amide bonds. The Morgan fingerprint density at radius 1 is 1.37 bits per heavy atom. The molecule has 2 aromatic rings. The van der Waals surface area contributed by atoms with Gasteiger partial charge in [-0.25, -0.2) is 4.98 Å². The van der Waals surface area contributed by atoms with E-state index in [2.05, 4.69) is 20.1 Å². The molecule has 0 bridgehead atoms. The Morgan fingerprint density at radius 3 is 2.84 bits per heavy atom. The van der Waals surface area contributed by atoms with E-state index in [0.717, 1.165) is 0 Å². The summed E-state index contributed by atoms with van der Waals surface area (Å²) in [5, 5.41) is 11.9. The van der Waals surface area contributed by atoms with Gasteiger partial charge in [0.05, 0.1) is 11.2 Å². The van der Waals surface area contributed by atoms with E-state index in [1.807, 2.05) is 0 Å². The van der Waals surface area contributed by atoms with Crippen molar-refractivity contribution in [3.8, 4) is 11.8 Å². The number of aryl methyl sites for hydroxylation is 1. The molecule has 0 radical (unpaired) electrons. The molecule has 0 saturated heterocycles. The minimum atomic E-state index is -0.125. The van der Waals surface area contributed by atoms with Crippen LogP contribution in [-0.4, -0.2) is 26.0 Å².